The second-order valence-electron chi connectivity index (χ2n) is 6.11. The minimum absolute atomic E-state index is 0.213. The van der Waals surface area contributed by atoms with E-state index in [9.17, 15) is 5.26 Å². The van der Waals surface area contributed by atoms with Gasteiger partial charge in [0.2, 0.25) is 5.70 Å². The molecular formula is C22H20N2O3. The maximum absolute atomic E-state index is 9.62. The fraction of sp³-hybridized carbons (Fsp3) is 0.273. The third-order valence-electron chi connectivity index (χ3n) is 4.37. The quantitative estimate of drug-likeness (QED) is 0.432. The van der Waals surface area contributed by atoms with Crippen molar-refractivity contribution in [2.45, 2.75) is 25.6 Å². The number of hydrogen-bond donors (Lipinski definition) is 0. The molecule has 1 atom stereocenters. The Bertz CT molecular complexity index is 881. The van der Waals surface area contributed by atoms with Crippen LogP contribution in [-0.2, 0) is 4.74 Å². The molecule has 0 radical (unpaired) electrons. The predicted octanol–water partition coefficient (Wildman–Crippen LogP) is 4.91. The average Bonchev–Trinajstić information content (AvgIpc) is 2.73. The molecule has 27 heavy (non-hydrogen) atoms. The highest BCUT2D eigenvalue weighted by atomic mass is 16.7. The van der Waals surface area contributed by atoms with Crippen LogP contribution in [0.5, 0.6) is 11.5 Å². The molecule has 2 aromatic rings. The van der Waals surface area contributed by atoms with Crippen LogP contribution in [0.15, 0.2) is 48.5 Å². The third-order valence-corrected chi connectivity index (χ3v) is 4.37. The normalized spacial score (nSPS) is 17.2. The molecule has 136 valence electrons. The summed E-state index contributed by atoms with van der Waals surface area (Å²) in [6.07, 6.45) is 2.83. The van der Waals surface area contributed by atoms with Crippen molar-refractivity contribution in [1.29, 1.82) is 5.26 Å². The van der Waals surface area contributed by atoms with Gasteiger partial charge in [-0.15, -0.1) is 0 Å². The van der Waals surface area contributed by atoms with E-state index in [1.54, 1.807) is 43.5 Å². The molecule has 5 heteroatoms. The predicted molar refractivity (Wildman–Crippen MR) is 103 cm³/mol. The first-order valence-corrected chi connectivity index (χ1v) is 8.80. The lowest BCUT2D eigenvalue weighted by molar-refractivity contribution is -0.105. The fourth-order valence-corrected chi connectivity index (χ4v) is 2.92. The van der Waals surface area contributed by atoms with E-state index in [1.807, 2.05) is 12.1 Å². The summed E-state index contributed by atoms with van der Waals surface area (Å²) in [5, 5.41) is 9.62. The summed E-state index contributed by atoms with van der Waals surface area (Å²) in [5.41, 5.74) is 1.99. The number of methoxy groups -OCH3 is 1. The number of rotatable bonds is 5. The van der Waals surface area contributed by atoms with Crippen LogP contribution in [-0.4, -0.2) is 20.0 Å². The van der Waals surface area contributed by atoms with Gasteiger partial charge in [-0.1, -0.05) is 24.3 Å². The van der Waals surface area contributed by atoms with Crippen molar-refractivity contribution >= 4 is 11.3 Å². The standard InChI is InChI=1S/C22H20N2O3/c1-24-22(20(15-23)16-6-10-18(25-2)11-7-16)17-8-12-19(13-9-17)27-21-5-3-4-14-26-21/h6-13,21H,3-5,14H2,2H3/b22-20-. The van der Waals surface area contributed by atoms with Gasteiger partial charge < -0.3 is 14.2 Å². The Morgan fingerprint density at radius 3 is 2.30 bits per heavy atom. The molecule has 0 aliphatic carbocycles. The molecule has 0 saturated carbocycles. The summed E-state index contributed by atoms with van der Waals surface area (Å²) < 4.78 is 16.6. The highest BCUT2D eigenvalue weighted by Crippen LogP contribution is 2.30. The van der Waals surface area contributed by atoms with E-state index in [-0.39, 0.29) is 6.29 Å². The summed E-state index contributed by atoms with van der Waals surface area (Å²) in [4.78, 5) is 3.60. The van der Waals surface area contributed by atoms with Crippen LogP contribution in [0.4, 0.5) is 0 Å². The van der Waals surface area contributed by atoms with Gasteiger partial charge in [-0.05, 0) is 48.2 Å². The van der Waals surface area contributed by atoms with E-state index in [2.05, 4.69) is 10.9 Å². The zero-order chi connectivity index (χ0) is 19.1. The highest BCUT2D eigenvalue weighted by molar-refractivity contribution is 5.99. The van der Waals surface area contributed by atoms with E-state index in [0.717, 1.165) is 25.9 Å². The van der Waals surface area contributed by atoms with Crippen molar-refractivity contribution < 1.29 is 14.2 Å². The van der Waals surface area contributed by atoms with Crippen molar-refractivity contribution in [2.75, 3.05) is 13.7 Å². The smallest absolute Gasteiger partial charge is 0.212 e. The van der Waals surface area contributed by atoms with E-state index >= 15 is 0 Å². The topological polar surface area (TPSA) is 55.8 Å². The van der Waals surface area contributed by atoms with Gasteiger partial charge in [0.05, 0.1) is 31.9 Å². The second kappa shape index (κ2) is 8.89. The number of nitriles is 1. The zero-order valence-electron chi connectivity index (χ0n) is 15.1. The maximum Gasteiger partial charge on any atom is 0.212 e. The first-order valence-electron chi connectivity index (χ1n) is 8.80. The van der Waals surface area contributed by atoms with E-state index in [0.29, 0.717) is 33.9 Å². The van der Waals surface area contributed by atoms with Gasteiger partial charge in [-0.3, -0.25) is 0 Å². The Morgan fingerprint density at radius 1 is 1.07 bits per heavy atom. The largest absolute Gasteiger partial charge is 0.497 e. The molecular weight excluding hydrogens is 340 g/mol. The van der Waals surface area contributed by atoms with E-state index in [4.69, 9.17) is 20.8 Å². The fourth-order valence-electron chi connectivity index (χ4n) is 2.92. The highest BCUT2D eigenvalue weighted by Gasteiger charge is 2.16. The van der Waals surface area contributed by atoms with Crippen LogP contribution in [0.25, 0.3) is 16.1 Å². The monoisotopic (exact) mass is 360 g/mol. The lowest BCUT2D eigenvalue weighted by atomic mass is 10.0. The number of nitrogens with zero attached hydrogens (tertiary/aromatic N) is 2. The third kappa shape index (κ3) is 4.47. The molecule has 0 spiro atoms. The first-order chi connectivity index (χ1) is 13.2. The van der Waals surface area contributed by atoms with Gasteiger partial charge in [0.25, 0.3) is 0 Å². The number of ether oxygens (including phenoxy) is 3. The van der Waals surface area contributed by atoms with Gasteiger partial charge >= 0.3 is 0 Å². The second-order valence-corrected chi connectivity index (χ2v) is 6.11. The van der Waals surface area contributed by atoms with Crippen LogP contribution in [0, 0.1) is 17.9 Å². The van der Waals surface area contributed by atoms with Gasteiger partial charge in [0.15, 0.2) is 6.29 Å². The van der Waals surface area contributed by atoms with Gasteiger partial charge in [0, 0.05) is 6.42 Å². The molecule has 1 saturated heterocycles. The molecule has 2 aromatic carbocycles. The molecule has 0 amide bonds. The van der Waals surface area contributed by atoms with Crippen molar-refractivity contribution in [3.8, 4) is 17.6 Å². The Morgan fingerprint density at radius 2 is 1.74 bits per heavy atom. The SMILES string of the molecule is [C-]#[N+]/C(=C(/C#N)c1ccc(OC)cc1)c1ccc(OC2CCCCO2)cc1. The maximum atomic E-state index is 9.62. The van der Waals surface area contributed by atoms with Gasteiger partial charge in [-0.25, -0.2) is 4.85 Å². The summed E-state index contributed by atoms with van der Waals surface area (Å²) in [6, 6.07) is 16.5. The van der Waals surface area contributed by atoms with Crippen molar-refractivity contribution in [3.05, 3.63) is 71.1 Å². The minimum Gasteiger partial charge on any atom is -0.497 e. The molecule has 0 bridgehead atoms. The van der Waals surface area contributed by atoms with Gasteiger partial charge in [-0.2, -0.15) is 5.26 Å². The van der Waals surface area contributed by atoms with E-state index in [1.165, 1.54) is 0 Å². The minimum atomic E-state index is -0.213. The van der Waals surface area contributed by atoms with Crippen molar-refractivity contribution in [3.63, 3.8) is 0 Å². The summed E-state index contributed by atoms with van der Waals surface area (Å²) in [7, 11) is 1.59. The van der Waals surface area contributed by atoms with E-state index < -0.39 is 0 Å². The Hall–Kier alpha value is -3.28. The molecule has 1 fully saturated rings. The molecule has 1 aliphatic rings. The molecule has 0 N–H and O–H groups in total. The average molecular weight is 360 g/mol. The van der Waals surface area contributed by atoms with Crippen molar-refractivity contribution in [2.24, 2.45) is 0 Å². The number of hydrogen-bond acceptors (Lipinski definition) is 4. The van der Waals surface area contributed by atoms with Crippen molar-refractivity contribution in [1.82, 2.24) is 0 Å². The summed E-state index contributed by atoms with van der Waals surface area (Å²) >= 11 is 0. The Kier molecular flexibility index (Phi) is 6.10. The van der Waals surface area contributed by atoms with Crippen LogP contribution in [0.1, 0.15) is 30.4 Å². The van der Waals surface area contributed by atoms with Crippen LogP contribution < -0.4 is 9.47 Å². The number of allylic oxidation sites excluding steroid dienone is 1. The summed E-state index contributed by atoms with van der Waals surface area (Å²) in [5.74, 6) is 1.39. The Labute approximate surface area is 159 Å². The summed E-state index contributed by atoms with van der Waals surface area (Å²) in [6.45, 7) is 8.28. The number of benzene rings is 2. The molecule has 1 heterocycles. The lowest BCUT2D eigenvalue weighted by Crippen LogP contribution is -2.24. The lowest BCUT2D eigenvalue weighted by Gasteiger charge is -2.23. The van der Waals surface area contributed by atoms with Crippen LogP contribution >= 0.6 is 0 Å². The van der Waals surface area contributed by atoms with Crippen LogP contribution in [0.3, 0.4) is 0 Å². The molecule has 5 nitrogen and oxygen atoms in total. The Balaban J connectivity index is 1.85. The molecule has 1 unspecified atom stereocenters. The molecule has 0 aromatic heterocycles. The molecule has 1 aliphatic heterocycles. The molecule has 3 rings (SSSR count). The first kappa shape index (κ1) is 18.5. The van der Waals surface area contributed by atoms with Gasteiger partial charge in [0.1, 0.15) is 11.5 Å². The van der Waals surface area contributed by atoms with Crippen LogP contribution in [0.2, 0.25) is 0 Å². The zero-order valence-corrected chi connectivity index (χ0v) is 15.1.